The monoisotopic (exact) mass is 312 g/mol. The van der Waals surface area contributed by atoms with Gasteiger partial charge in [0.2, 0.25) is 0 Å². The number of fused-ring (bicyclic) bond motifs is 1. The Morgan fingerprint density at radius 2 is 1.81 bits per heavy atom. The molecule has 0 unspecified atom stereocenters. The third kappa shape index (κ3) is 1.85. The van der Waals surface area contributed by atoms with E-state index in [1.54, 1.807) is 12.1 Å². The third-order valence-electron chi connectivity index (χ3n) is 3.79. The molecule has 1 aromatic rings. The molecule has 0 saturated carbocycles. The Morgan fingerprint density at radius 1 is 1.24 bits per heavy atom. The van der Waals surface area contributed by atoms with Crippen molar-refractivity contribution in [1.82, 2.24) is 4.31 Å². The van der Waals surface area contributed by atoms with E-state index in [9.17, 15) is 13.2 Å². The van der Waals surface area contributed by atoms with Crippen LogP contribution in [-0.4, -0.2) is 36.6 Å². The highest BCUT2D eigenvalue weighted by Crippen LogP contribution is 2.39. The van der Waals surface area contributed by atoms with Gasteiger partial charge in [0.1, 0.15) is 13.2 Å². The summed E-state index contributed by atoms with van der Waals surface area (Å²) >= 11 is 0. The van der Waals surface area contributed by atoms with Crippen molar-refractivity contribution < 1.29 is 22.7 Å². The first-order valence-electron chi connectivity index (χ1n) is 6.50. The molecule has 2 N–H and O–H groups in total. The average Bonchev–Trinajstić information content (AvgIpc) is 2.43. The fraction of sp³-hybridized carbons (Fsp3) is 0.462. The van der Waals surface area contributed by atoms with Crippen molar-refractivity contribution in [1.29, 1.82) is 0 Å². The minimum absolute atomic E-state index is 0.0902. The van der Waals surface area contributed by atoms with Gasteiger partial charge in [-0.1, -0.05) is 0 Å². The molecule has 1 aromatic carbocycles. The number of hydrogen-bond acceptors (Lipinski definition) is 6. The van der Waals surface area contributed by atoms with Crippen LogP contribution in [-0.2, 0) is 21.4 Å². The Hall–Kier alpha value is -1.96. The van der Waals surface area contributed by atoms with E-state index in [4.69, 9.17) is 15.2 Å². The van der Waals surface area contributed by atoms with E-state index in [1.165, 1.54) is 13.8 Å². The molecular formula is C13H16N2O5S. The van der Waals surface area contributed by atoms with Gasteiger partial charge in [0, 0.05) is 11.8 Å². The van der Waals surface area contributed by atoms with Gasteiger partial charge in [0.05, 0.1) is 6.54 Å². The lowest BCUT2D eigenvalue weighted by Gasteiger charge is -2.43. The number of nitrogens with zero attached hydrogens (tertiary/aromatic N) is 1. The number of rotatable bonds is 2. The molecule has 0 radical (unpaired) electrons. The number of carbonyl (C=O) groups excluding carboxylic acids is 1. The summed E-state index contributed by atoms with van der Waals surface area (Å²) in [6.45, 7) is 3.57. The Bertz CT molecular complexity index is 726. The van der Waals surface area contributed by atoms with Gasteiger partial charge < -0.3 is 15.2 Å². The maximum atomic E-state index is 12.1. The first-order valence-corrected chi connectivity index (χ1v) is 7.94. The van der Waals surface area contributed by atoms with E-state index in [-0.39, 0.29) is 6.54 Å². The van der Waals surface area contributed by atoms with Crippen LogP contribution in [0.2, 0.25) is 0 Å². The van der Waals surface area contributed by atoms with Crippen molar-refractivity contribution in [2.24, 2.45) is 0 Å². The molecule has 3 rings (SSSR count). The molecule has 1 saturated heterocycles. The van der Waals surface area contributed by atoms with Crippen molar-refractivity contribution in [3.05, 3.63) is 17.7 Å². The molecule has 0 aromatic heterocycles. The lowest BCUT2D eigenvalue weighted by atomic mass is 10.1. The molecule has 21 heavy (non-hydrogen) atoms. The van der Waals surface area contributed by atoms with Crippen LogP contribution in [0.5, 0.6) is 11.5 Å². The van der Waals surface area contributed by atoms with E-state index in [1.807, 2.05) is 0 Å². The average molecular weight is 312 g/mol. The van der Waals surface area contributed by atoms with Crippen molar-refractivity contribution in [2.75, 3.05) is 18.9 Å². The van der Waals surface area contributed by atoms with Crippen LogP contribution in [0, 0.1) is 0 Å². The summed E-state index contributed by atoms with van der Waals surface area (Å²) in [5.74, 6) is 0.604. The Balaban J connectivity index is 1.92. The predicted octanol–water partition coefficient (Wildman–Crippen LogP) is 0.491. The lowest BCUT2D eigenvalue weighted by molar-refractivity contribution is -0.132. The highest BCUT2D eigenvalue weighted by molar-refractivity contribution is 7.94. The van der Waals surface area contributed by atoms with Gasteiger partial charge >= 0.3 is 0 Å². The van der Waals surface area contributed by atoms with Crippen molar-refractivity contribution in [2.45, 2.75) is 25.1 Å². The summed E-state index contributed by atoms with van der Waals surface area (Å²) < 4.78 is 34.5. The molecule has 8 heteroatoms. The summed E-state index contributed by atoms with van der Waals surface area (Å²) in [5, 5.41) is 0. The van der Waals surface area contributed by atoms with Crippen LogP contribution < -0.4 is 15.2 Å². The minimum Gasteiger partial charge on any atom is -0.486 e. The Kier molecular flexibility index (Phi) is 2.84. The molecule has 2 heterocycles. The second kappa shape index (κ2) is 4.27. The van der Waals surface area contributed by atoms with Crippen LogP contribution >= 0.6 is 0 Å². The fourth-order valence-corrected chi connectivity index (χ4v) is 3.86. The van der Waals surface area contributed by atoms with Gasteiger partial charge in [0.15, 0.2) is 16.2 Å². The number of nitrogens with two attached hydrogens (primary N) is 1. The molecule has 114 valence electrons. The van der Waals surface area contributed by atoms with Crippen LogP contribution in [0.15, 0.2) is 12.1 Å². The van der Waals surface area contributed by atoms with Crippen LogP contribution in [0.3, 0.4) is 0 Å². The zero-order valence-corrected chi connectivity index (χ0v) is 12.6. The van der Waals surface area contributed by atoms with E-state index in [2.05, 4.69) is 0 Å². The highest BCUT2D eigenvalue weighted by Gasteiger charge is 2.60. The van der Waals surface area contributed by atoms with E-state index in [0.717, 1.165) is 4.31 Å². The third-order valence-corrected chi connectivity index (χ3v) is 6.13. The minimum atomic E-state index is -3.63. The number of hydrogen-bond donors (Lipinski definition) is 1. The number of benzene rings is 1. The van der Waals surface area contributed by atoms with Gasteiger partial charge in [-0.05, 0) is 25.5 Å². The second-order valence-corrected chi connectivity index (χ2v) is 7.93. The van der Waals surface area contributed by atoms with Gasteiger partial charge in [-0.2, -0.15) is 0 Å². The maximum absolute atomic E-state index is 12.1. The van der Waals surface area contributed by atoms with Gasteiger partial charge in [-0.3, -0.25) is 4.79 Å². The zero-order chi connectivity index (χ0) is 15.4. The maximum Gasteiger partial charge on any atom is 0.259 e. The topological polar surface area (TPSA) is 98.9 Å². The SMILES string of the molecule is CC1(C)C(=O)N(Cc2cc3c(cc2N)OCCO3)S1(=O)=O. The quantitative estimate of drug-likeness (QED) is 0.798. The second-order valence-electron chi connectivity index (χ2n) is 5.52. The van der Waals surface area contributed by atoms with Gasteiger partial charge in [0.25, 0.3) is 15.9 Å². The summed E-state index contributed by atoms with van der Waals surface area (Å²) in [7, 11) is -3.63. The van der Waals surface area contributed by atoms with Crippen molar-refractivity contribution in [3.63, 3.8) is 0 Å². The van der Waals surface area contributed by atoms with Crippen molar-refractivity contribution >= 4 is 21.6 Å². The lowest BCUT2D eigenvalue weighted by Crippen LogP contribution is -2.66. The number of anilines is 1. The summed E-state index contributed by atoms with van der Waals surface area (Å²) in [6.07, 6.45) is 0. The first kappa shape index (κ1) is 14.0. The number of ether oxygens (including phenoxy) is 2. The molecule has 0 aliphatic carbocycles. The van der Waals surface area contributed by atoms with Crippen molar-refractivity contribution in [3.8, 4) is 11.5 Å². The zero-order valence-electron chi connectivity index (χ0n) is 11.8. The number of nitrogen functional groups attached to an aromatic ring is 1. The molecule has 0 bridgehead atoms. The first-order chi connectivity index (χ1) is 9.75. The molecule has 2 aliphatic heterocycles. The fourth-order valence-electron chi connectivity index (χ4n) is 2.35. The van der Waals surface area contributed by atoms with Crippen LogP contribution in [0.4, 0.5) is 5.69 Å². The van der Waals surface area contributed by atoms with Crippen LogP contribution in [0.1, 0.15) is 19.4 Å². The normalized spacial score (nSPS) is 21.8. The number of carbonyl (C=O) groups is 1. The van der Waals surface area contributed by atoms with Gasteiger partial charge in [-0.25, -0.2) is 12.7 Å². The highest BCUT2D eigenvalue weighted by atomic mass is 32.2. The van der Waals surface area contributed by atoms with Crippen LogP contribution in [0.25, 0.3) is 0 Å². The van der Waals surface area contributed by atoms with E-state index in [0.29, 0.717) is 36.0 Å². The largest absolute Gasteiger partial charge is 0.486 e. The van der Waals surface area contributed by atoms with E-state index >= 15 is 0 Å². The molecule has 1 amide bonds. The number of amides is 1. The summed E-state index contributed by atoms with van der Waals surface area (Å²) in [6, 6.07) is 3.21. The Morgan fingerprint density at radius 3 is 2.38 bits per heavy atom. The summed E-state index contributed by atoms with van der Waals surface area (Å²) in [5.41, 5.74) is 6.79. The molecule has 0 spiro atoms. The predicted molar refractivity (Wildman–Crippen MR) is 75.4 cm³/mol. The molecule has 1 fully saturated rings. The Labute approximate surface area is 122 Å². The molecule has 0 atom stereocenters. The number of sulfonamides is 1. The standard InChI is InChI=1S/C13H16N2O5S/c1-13(2)12(16)15(21(13,17)18)7-8-5-10-11(6-9(8)14)20-4-3-19-10/h5-6H,3-4,7,14H2,1-2H3. The summed E-state index contributed by atoms with van der Waals surface area (Å²) in [4.78, 5) is 12.0. The smallest absolute Gasteiger partial charge is 0.259 e. The van der Waals surface area contributed by atoms with E-state index < -0.39 is 20.7 Å². The van der Waals surface area contributed by atoms with Gasteiger partial charge in [-0.15, -0.1) is 0 Å². The molecule has 2 aliphatic rings. The molecular weight excluding hydrogens is 296 g/mol. The molecule has 7 nitrogen and oxygen atoms in total.